The predicted octanol–water partition coefficient (Wildman–Crippen LogP) is 3.21. The SMILES string of the molecule is COc1cccc(N2C[C@H](C(=O)Nc3ccc(C#N)c(Cl)c3)CC2=O)c1. The molecule has 1 aliphatic heterocycles. The van der Waals surface area contributed by atoms with Crippen LogP contribution in [0.15, 0.2) is 42.5 Å². The minimum Gasteiger partial charge on any atom is -0.497 e. The molecule has 0 saturated carbocycles. The van der Waals surface area contributed by atoms with Crippen molar-refractivity contribution < 1.29 is 14.3 Å². The van der Waals surface area contributed by atoms with Crippen molar-refractivity contribution in [1.82, 2.24) is 0 Å². The highest BCUT2D eigenvalue weighted by molar-refractivity contribution is 6.32. The zero-order chi connectivity index (χ0) is 18.7. The maximum absolute atomic E-state index is 12.5. The van der Waals surface area contributed by atoms with Gasteiger partial charge in [0, 0.05) is 30.4 Å². The van der Waals surface area contributed by atoms with Crippen LogP contribution in [0.5, 0.6) is 5.75 Å². The van der Waals surface area contributed by atoms with Gasteiger partial charge in [-0.1, -0.05) is 17.7 Å². The molecule has 1 atom stereocenters. The summed E-state index contributed by atoms with van der Waals surface area (Å²) in [6, 6.07) is 13.8. The number of hydrogen-bond donors (Lipinski definition) is 1. The Bertz CT molecular complexity index is 907. The molecule has 6 nitrogen and oxygen atoms in total. The molecule has 26 heavy (non-hydrogen) atoms. The largest absolute Gasteiger partial charge is 0.497 e. The summed E-state index contributed by atoms with van der Waals surface area (Å²) in [6.45, 7) is 0.293. The highest BCUT2D eigenvalue weighted by Crippen LogP contribution is 2.29. The van der Waals surface area contributed by atoms with Crippen molar-refractivity contribution in [3.8, 4) is 11.8 Å². The van der Waals surface area contributed by atoms with Crippen LogP contribution in [0.4, 0.5) is 11.4 Å². The fraction of sp³-hybridized carbons (Fsp3) is 0.211. The summed E-state index contributed by atoms with van der Waals surface area (Å²) in [5.41, 5.74) is 1.53. The fourth-order valence-corrected chi connectivity index (χ4v) is 3.06. The number of amides is 2. The molecule has 1 N–H and O–H groups in total. The lowest BCUT2D eigenvalue weighted by molar-refractivity contribution is -0.122. The summed E-state index contributed by atoms with van der Waals surface area (Å²) in [7, 11) is 1.56. The van der Waals surface area contributed by atoms with Crippen LogP contribution in [0.25, 0.3) is 0 Å². The molecule has 2 aromatic rings. The highest BCUT2D eigenvalue weighted by atomic mass is 35.5. The zero-order valence-corrected chi connectivity index (χ0v) is 14.8. The van der Waals surface area contributed by atoms with Crippen LogP contribution >= 0.6 is 11.6 Å². The lowest BCUT2D eigenvalue weighted by atomic mass is 10.1. The van der Waals surface area contributed by atoms with Crippen LogP contribution < -0.4 is 15.0 Å². The molecular weight excluding hydrogens is 354 g/mol. The van der Waals surface area contributed by atoms with Crippen molar-refractivity contribution in [2.75, 3.05) is 23.9 Å². The quantitative estimate of drug-likeness (QED) is 0.897. The molecule has 2 aromatic carbocycles. The van der Waals surface area contributed by atoms with Gasteiger partial charge in [-0.3, -0.25) is 9.59 Å². The number of methoxy groups -OCH3 is 1. The molecular formula is C19H16ClN3O3. The highest BCUT2D eigenvalue weighted by Gasteiger charge is 2.35. The number of halogens is 1. The minimum atomic E-state index is -0.469. The van der Waals surface area contributed by atoms with E-state index < -0.39 is 5.92 Å². The number of hydrogen-bond acceptors (Lipinski definition) is 4. The van der Waals surface area contributed by atoms with E-state index in [1.165, 1.54) is 6.07 Å². The third-order valence-corrected chi connectivity index (χ3v) is 4.53. The van der Waals surface area contributed by atoms with Gasteiger partial charge in [0.1, 0.15) is 11.8 Å². The van der Waals surface area contributed by atoms with Crippen LogP contribution in [0.2, 0.25) is 5.02 Å². The number of carbonyl (C=O) groups is 2. The van der Waals surface area contributed by atoms with Crippen LogP contribution in [0.3, 0.4) is 0 Å². The number of carbonyl (C=O) groups excluding carboxylic acids is 2. The van der Waals surface area contributed by atoms with E-state index in [2.05, 4.69) is 5.32 Å². The molecule has 132 valence electrons. The molecule has 0 aromatic heterocycles. The molecule has 1 aliphatic rings. The van der Waals surface area contributed by atoms with E-state index in [-0.39, 0.29) is 23.3 Å². The summed E-state index contributed by atoms with van der Waals surface area (Å²) < 4.78 is 5.18. The number of nitrogens with zero attached hydrogens (tertiary/aromatic N) is 2. The Morgan fingerprint density at radius 3 is 2.85 bits per heavy atom. The minimum absolute atomic E-state index is 0.115. The molecule has 0 spiro atoms. The monoisotopic (exact) mass is 369 g/mol. The molecule has 3 rings (SSSR count). The zero-order valence-electron chi connectivity index (χ0n) is 14.0. The lowest BCUT2D eigenvalue weighted by Crippen LogP contribution is -2.28. The van der Waals surface area contributed by atoms with E-state index >= 15 is 0 Å². The average molecular weight is 370 g/mol. The number of nitrogens with one attached hydrogen (secondary N) is 1. The van der Waals surface area contributed by atoms with Gasteiger partial charge in [0.2, 0.25) is 11.8 Å². The molecule has 2 amide bonds. The Balaban J connectivity index is 1.71. The Morgan fingerprint density at radius 1 is 1.35 bits per heavy atom. The van der Waals surface area contributed by atoms with Gasteiger partial charge in [-0.25, -0.2) is 0 Å². The normalized spacial score (nSPS) is 16.3. The fourth-order valence-electron chi connectivity index (χ4n) is 2.84. The first-order valence-corrected chi connectivity index (χ1v) is 8.34. The molecule has 7 heteroatoms. The lowest BCUT2D eigenvalue weighted by Gasteiger charge is -2.17. The second kappa shape index (κ2) is 7.46. The van der Waals surface area contributed by atoms with Crippen LogP contribution in [0, 0.1) is 17.2 Å². The van der Waals surface area contributed by atoms with E-state index in [1.54, 1.807) is 48.4 Å². The Hall–Kier alpha value is -3.04. The molecule has 0 radical (unpaired) electrons. The first-order valence-electron chi connectivity index (χ1n) is 7.96. The molecule has 0 aliphatic carbocycles. The molecule has 1 heterocycles. The van der Waals surface area contributed by atoms with E-state index in [1.807, 2.05) is 6.07 Å². The topological polar surface area (TPSA) is 82.4 Å². The van der Waals surface area contributed by atoms with Gasteiger partial charge in [-0.15, -0.1) is 0 Å². The maximum atomic E-state index is 12.5. The standard InChI is InChI=1S/C19H16ClN3O3/c1-26-16-4-2-3-15(9-16)23-11-13(7-18(23)24)19(25)22-14-6-5-12(10-21)17(20)8-14/h2-6,8-9,13H,7,11H2,1H3,(H,22,25)/t13-/m1/s1. The summed E-state index contributed by atoms with van der Waals surface area (Å²) in [5.74, 6) is -0.195. The van der Waals surface area contributed by atoms with Gasteiger partial charge < -0.3 is 15.0 Å². The van der Waals surface area contributed by atoms with Gasteiger partial charge in [0.05, 0.1) is 23.6 Å². The Morgan fingerprint density at radius 2 is 2.15 bits per heavy atom. The predicted molar refractivity (Wildman–Crippen MR) is 98.3 cm³/mol. The molecule has 0 bridgehead atoms. The number of ether oxygens (including phenoxy) is 1. The second-order valence-electron chi connectivity index (χ2n) is 5.90. The third kappa shape index (κ3) is 3.63. The maximum Gasteiger partial charge on any atom is 0.229 e. The van der Waals surface area contributed by atoms with Gasteiger partial charge in [0.25, 0.3) is 0 Å². The first kappa shape index (κ1) is 17.8. The van der Waals surface area contributed by atoms with Gasteiger partial charge in [-0.05, 0) is 30.3 Å². The van der Waals surface area contributed by atoms with Crippen molar-refractivity contribution >= 4 is 34.8 Å². The van der Waals surface area contributed by atoms with Gasteiger partial charge >= 0.3 is 0 Å². The van der Waals surface area contributed by atoms with Crippen molar-refractivity contribution in [2.24, 2.45) is 5.92 Å². The molecule has 1 saturated heterocycles. The van der Waals surface area contributed by atoms with Gasteiger partial charge in [-0.2, -0.15) is 5.26 Å². The number of rotatable bonds is 4. The van der Waals surface area contributed by atoms with Crippen molar-refractivity contribution in [3.63, 3.8) is 0 Å². The van der Waals surface area contributed by atoms with Crippen molar-refractivity contribution in [3.05, 3.63) is 53.1 Å². The van der Waals surface area contributed by atoms with Crippen LogP contribution in [-0.2, 0) is 9.59 Å². The average Bonchev–Trinajstić information content (AvgIpc) is 3.04. The smallest absolute Gasteiger partial charge is 0.229 e. The first-order chi connectivity index (χ1) is 12.5. The summed E-state index contributed by atoms with van der Waals surface area (Å²) in [5, 5.41) is 11.9. The molecule has 1 fully saturated rings. The number of nitriles is 1. The number of anilines is 2. The van der Waals surface area contributed by atoms with Gasteiger partial charge in [0.15, 0.2) is 0 Å². The van der Waals surface area contributed by atoms with Crippen LogP contribution in [0.1, 0.15) is 12.0 Å². The van der Waals surface area contributed by atoms with E-state index in [0.717, 1.165) is 0 Å². The summed E-state index contributed by atoms with van der Waals surface area (Å²) in [4.78, 5) is 26.4. The third-order valence-electron chi connectivity index (χ3n) is 4.22. The van der Waals surface area contributed by atoms with Crippen molar-refractivity contribution in [1.29, 1.82) is 5.26 Å². The summed E-state index contributed by atoms with van der Waals surface area (Å²) >= 11 is 5.98. The van der Waals surface area contributed by atoms with Crippen LogP contribution in [-0.4, -0.2) is 25.5 Å². The second-order valence-corrected chi connectivity index (χ2v) is 6.31. The van der Waals surface area contributed by atoms with E-state index in [9.17, 15) is 9.59 Å². The van der Waals surface area contributed by atoms with Crippen molar-refractivity contribution in [2.45, 2.75) is 6.42 Å². The Kier molecular flexibility index (Phi) is 5.10. The summed E-state index contributed by atoms with van der Waals surface area (Å²) in [6.07, 6.45) is 0.132. The van der Waals surface area contributed by atoms with E-state index in [4.69, 9.17) is 21.6 Å². The molecule has 0 unspecified atom stereocenters. The van der Waals surface area contributed by atoms with E-state index in [0.29, 0.717) is 29.2 Å². The number of benzene rings is 2. The Labute approximate surface area is 155 Å².